The van der Waals surface area contributed by atoms with Gasteiger partial charge in [0, 0.05) is 5.41 Å². The van der Waals surface area contributed by atoms with Crippen LogP contribution in [-0.4, -0.2) is 49.7 Å². The van der Waals surface area contributed by atoms with Crippen molar-refractivity contribution in [2.75, 3.05) is 0 Å². The molecule has 74 valence electrons. The third-order valence-electron chi connectivity index (χ3n) is 2.91. The number of carboxylic acid groups (broad SMARTS) is 2. The summed E-state index contributed by atoms with van der Waals surface area (Å²) in [5, 5.41) is 21.4. The first-order valence-corrected chi connectivity index (χ1v) is 4.42. The average Bonchev–Trinajstić information content (AvgIpc) is 2.04. The van der Waals surface area contributed by atoms with Crippen molar-refractivity contribution in [3.05, 3.63) is 0 Å². The maximum atomic E-state index is 10.7. The molecule has 0 N–H and O–H groups in total. The van der Waals surface area contributed by atoms with Gasteiger partial charge < -0.3 is 19.8 Å². The second-order valence-corrected chi connectivity index (χ2v) is 3.84. The summed E-state index contributed by atoms with van der Waals surface area (Å²) in [5.41, 5.74) is -1.73. The van der Waals surface area contributed by atoms with Crippen LogP contribution >= 0.6 is 0 Å². The van der Waals surface area contributed by atoms with Gasteiger partial charge in [-0.25, -0.2) is 0 Å². The van der Waals surface area contributed by atoms with E-state index in [1.165, 1.54) is 0 Å². The second kappa shape index (κ2) is 5.33. The van der Waals surface area contributed by atoms with Gasteiger partial charge >= 0.3 is 37.7 Å². The van der Waals surface area contributed by atoms with Crippen LogP contribution in [0.4, 0.5) is 0 Å². The first-order valence-electron chi connectivity index (χ1n) is 4.42. The van der Waals surface area contributed by atoms with Gasteiger partial charge in [-0.15, -0.1) is 0 Å². The largest absolute Gasteiger partial charge is 2.00 e. The van der Waals surface area contributed by atoms with Crippen LogP contribution in [0, 0.1) is 11.3 Å². The number of rotatable bonds is 2. The molecule has 0 aromatic heterocycles. The predicted octanol–water partition coefficient (Wildman–Crippen LogP) is -1.70. The first kappa shape index (κ1) is 14.2. The van der Waals surface area contributed by atoms with E-state index in [0.29, 0.717) is 18.8 Å². The zero-order valence-corrected chi connectivity index (χ0v) is 10.5. The molecule has 0 amide bonds. The molecule has 1 aliphatic carbocycles. The normalized spacial score (nSPS) is 20.9. The van der Waals surface area contributed by atoms with Crippen LogP contribution < -0.4 is 10.2 Å². The van der Waals surface area contributed by atoms with Gasteiger partial charge in [0.25, 0.3) is 0 Å². The van der Waals surface area contributed by atoms with Gasteiger partial charge in [-0.05, 0) is 31.6 Å². The summed E-state index contributed by atoms with van der Waals surface area (Å²) in [6.07, 6.45) is 1.50. The first-order chi connectivity index (χ1) is 5.99. The standard InChI is InChI=1S/C9H14O4.Ca/c1-6-2-4-9(5-3-6,7(10)11)8(12)13;/h6H,2-5H2,1H3,(H,10,11)(H,12,13);/q;+2/p-2. The summed E-state index contributed by atoms with van der Waals surface area (Å²) in [5.74, 6) is -2.61. The molecular formula is C9H12CaO4. The molecule has 1 aliphatic rings. The Kier molecular flexibility index (Phi) is 5.41. The van der Waals surface area contributed by atoms with Crippen molar-refractivity contribution < 1.29 is 19.8 Å². The van der Waals surface area contributed by atoms with E-state index in [2.05, 4.69) is 0 Å². The van der Waals surface area contributed by atoms with Crippen molar-refractivity contribution in [1.29, 1.82) is 0 Å². The van der Waals surface area contributed by atoms with Crippen LogP contribution in [-0.2, 0) is 9.59 Å². The van der Waals surface area contributed by atoms with Crippen molar-refractivity contribution >= 4 is 49.7 Å². The molecule has 0 radical (unpaired) electrons. The minimum atomic E-state index is -1.73. The van der Waals surface area contributed by atoms with Gasteiger partial charge in [0.05, 0.1) is 11.9 Å². The van der Waals surface area contributed by atoms with Crippen LogP contribution in [0.2, 0.25) is 0 Å². The summed E-state index contributed by atoms with van der Waals surface area (Å²) in [6, 6.07) is 0. The Labute approximate surface area is 113 Å². The molecule has 1 saturated carbocycles. The van der Waals surface area contributed by atoms with Crippen LogP contribution in [0.25, 0.3) is 0 Å². The monoisotopic (exact) mass is 224 g/mol. The van der Waals surface area contributed by atoms with Crippen molar-refractivity contribution in [1.82, 2.24) is 0 Å². The number of aliphatic carboxylic acids is 2. The minimum Gasteiger partial charge on any atom is -0.549 e. The van der Waals surface area contributed by atoms with Gasteiger partial charge in [-0.1, -0.05) is 6.92 Å². The maximum Gasteiger partial charge on any atom is 2.00 e. The van der Waals surface area contributed by atoms with Crippen LogP contribution in [0.5, 0.6) is 0 Å². The Balaban J connectivity index is 0.00000169. The van der Waals surface area contributed by atoms with E-state index in [0.717, 1.165) is 0 Å². The smallest absolute Gasteiger partial charge is 0.549 e. The number of carboxylic acids is 2. The number of carbonyl (C=O) groups is 2. The Morgan fingerprint density at radius 3 is 1.79 bits per heavy atom. The average molecular weight is 224 g/mol. The molecule has 0 saturated heterocycles. The van der Waals surface area contributed by atoms with Crippen LogP contribution in [0.1, 0.15) is 32.6 Å². The molecule has 0 atom stereocenters. The third kappa shape index (κ3) is 2.61. The molecular weight excluding hydrogens is 212 g/mol. The van der Waals surface area contributed by atoms with Crippen molar-refractivity contribution in [2.24, 2.45) is 11.3 Å². The Bertz CT molecular complexity index is 215. The number of carbonyl (C=O) groups excluding carboxylic acids is 2. The number of hydrogen-bond donors (Lipinski definition) is 0. The SMILES string of the molecule is CC1CCC(C(=O)[O-])(C(=O)[O-])CC1.[Ca+2]. The molecule has 5 heteroatoms. The van der Waals surface area contributed by atoms with E-state index in [4.69, 9.17) is 0 Å². The van der Waals surface area contributed by atoms with Crippen molar-refractivity contribution in [3.63, 3.8) is 0 Å². The molecule has 0 aromatic carbocycles. The van der Waals surface area contributed by atoms with E-state index in [1.54, 1.807) is 0 Å². The van der Waals surface area contributed by atoms with Crippen LogP contribution in [0.3, 0.4) is 0 Å². The van der Waals surface area contributed by atoms with E-state index in [-0.39, 0.29) is 50.6 Å². The Morgan fingerprint density at radius 2 is 1.50 bits per heavy atom. The summed E-state index contributed by atoms with van der Waals surface area (Å²) in [6.45, 7) is 1.98. The van der Waals surface area contributed by atoms with E-state index >= 15 is 0 Å². The summed E-state index contributed by atoms with van der Waals surface area (Å²) in [4.78, 5) is 21.4. The molecule has 1 rings (SSSR count). The molecule has 1 fully saturated rings. The minimum absolute atomic E-state index is 0. The molecule has 0 aromatic rings. The van der Waals surface area contributed by atoms with E-state index in [1.807, 2.05) is 6.92 Å². The molecule has 0 bridgehead atoms. The molecule has 0 heterocycles. The predicted molar refractivity (Wildman–Crippen MR) is 45.8 cm³/mol. The van der Waals surface area contributed by atoms with E-state index < -0.39 is 17.4 Å². The zero-order chi connectivity index (χ0) is 10.1. The van der Waals surface area contributed by atoms with Crippen LogP contribution in [0.15, 0.2) is 0 Å². The maximum absolute atomic E-state index is 10.7. The second-order valence-electron chi connectivity index (χ2n) is 3.84. The third-order valence-corrected chi connectivity index (χ3v) is 2.91. The Morgan fingerprint density at radius 1 is 1.14 bits per heavy atom. The Hall–Kier alpha value is 0.200. The van der Waals surface area contributed by atoms with Gasteiger partial charge in [-0.2, -0.15) is 0 Å². The quantitative estimate of drug-likeness (QED) is 0.414. The van der Waals surface area contributed by atoms with Gasteiger partial charge in [-0.3, -0.25) is 0 Å². The van der Waals surface area contributed by atoms with Gasteiger partial charge in [0.1, 0.15) is 0 Å². The molecule has 0 unspecified atom stereocenters. The molecule has 4 nitrogen and oxygen atoms in total. The molecule has 0 aliphatic heterocycles. The summed E-state index contributed by atoms with van der Waals surface area (Å²) < 4.78 is 0. The topological polar surface area (TPSA) is 80.3 Å². The molecule has 14 heavy (non-hydrogen) atoms. The zero-order valence-electron chi connectivity index (χ0n) is 8.25. The fraction of sp³-hybridized carbons (Fsp3) is 0.778. The summed E-state index contributed by atoms with van der Waals surface area (Å²) in [7, 11) is 0. The molecule has 0 spiro atoms. The van der Waals surface area contributed by atoms with Crippen molar-refractivity contribution in [2.45, 2.75) is 32.6 Å². The summed E-state index contributed by atoms with van der Waals surface area (Å²) >= 11 is 0. The van der Waals surface area contributed by atoms with E-state index in [9.17, 15) is 19.8 Å². The fourth-order valence-corrected chi connectivity index (χ4v) is 1.75. The number of hydrogen-bond acceptors (Lipinski definition) is 4. The van der Waals surface area contributed by atoms with Crippen molar-refractivity contribution in [3.8, 4) is 0 Å². The fourth-order valence-electron chi connectivity index (χ4n) is 1.75. The van der Waals surface area contributed by atoms with Gasteiger partial charge in [0.15, 0.2) is 0 Å². The van der Waals surface area contributed by atoms with Gasteiger partial charge in [0.2, 0.25) is 0 Å².